The molecule has 1 unspecified atom stereocenters. The summed E-state index contributed by atoms with van der Waals surface area (Å²) in [4.78, 5) is 0. The van der Waals surface area contributed by atoms with Crippen LogP contribution in [0, 0.1) is 5.92 Å². The number of rotatable bonds is 7. The standard InChI is InChI=1S/C10H23NO2/c1-5-13-10(3,4)8-11-6-9(2)7-12/h9,11-12H,5-8H2,1-4H3. The molecule has 0 bridgehead atoms. The Labute approximate surface area is 81.5 Å². The summed E-state index contributed by atoms with van der Waals surface area (Å²) in [7, 11) is 0. The second kappa shape index (κ2) is 6.35. The number of ether oxygens (including phenoxy) is 1. The molecule has 0 aromatic carbocycles. The van der Waals surface area contributed by atoms with Gasteiger partial charge >= 0.3 is 0 Å². The predicted octanol–water partition coefficient (Wildman–Crippen LogP) is 1.02. The Kier molecular flexibility index (Phi) is 6.29. The molecular weight excluding hydrogens is 166 g/mol. The van der Waals surface area contributed by atoms with Gasteiger partial charge in [0.2, 0.25) is 0 Å². The van der Waals surface area contributed by atoms with Crippen molar-refractivity contribution in [1.82, 2.24) is 5.32 Å². The zero-order valence-corrected chi connectivity index (χ0v) is 9.26. The van der Waals surface area contributed by atoms with Crippen molar-refractivity contribution in [2.75, 3.05) is 26.3 Å². The Bertz CT molecular complexity index is 126. The van der Waals surface area contributed by atoms with Gasteiger partial charge in [-0.2, -0.15) is 0 Å². The monoisotopic (exact) mass is 189 g/mol. The molecule has 0 saturated carbocycles. The van der Waals surface area contributed by atoms with Gasteiger partial charge < -0.3 is 15.2 Å². The van der Waals surface area contributed by atoms with E-state index in [0.717, 1.165) is 19.7 Å². The highest BCUT2D eigenvalue weighted by atomic mass is 16.5. The van der Waals surface area contributed by atoms with E-state index in [1.54, 1.807) is 0 Å². The van der Waals surface area contributed by atoms with Gasteiger partial charge in [-0.25, -0.2) is 0 Å². The largest absolute Gasteiger partial charge is 0.396 e. The van der Waals surface area contributed by atoms with Crippen LogP contribution < -0.4 is 5.32 Å². The highest BCUT2D eigenvalue weighted by Crippen LogP contribution is 2.06. The second-order valence-corrected chi connectivity index (χ2v) is 4.11. The smallest absolute Gasteiger partial charge is 0.0750 e. The lowest BCUT2D eigenvalue weighted by atomic mass is 10.1. The summed E-state index contributed by atoms with van der Waals surface area (Å²) in [5.41, 5.74) is -0.107. The Morgan fingerprint density at radius 1 is 1.46 bits per heavy atom. The molecule has 3 nitrogen and oxygen atoms in total. The van der Waals surface area contributed by atoms with Gasteiger partial charge in [0.1, 0.15) is 0 Å². The minimum atomic E-state index is -0.107. The molecule has 0 radical (unpaired) electrons. The third-order valence-corrected chi connectivity index (χ3v) is 1.89. The fourth-order valence-electron chi connectivity index (χ4n) is 1.13. The molecule has 13 heavy (non-hydrogen) atoms. The van der Waals surface area contributed by atoms with E-state index in [-0.39, 0.29) is 12.2 Å². The van der Waals surface area contributed by atoms with Crippen LogP contribution in [-0.2, 0) is 4.74 Å². The van der Waals surface area contributed by atoms with Crippen LogP contribution in [0.1, 0.15) is 27.7 Å². The van der Waals surface area contributed by atoms with Gasteiger partial charge in [0, 0.05) is 19.8 Å². The van der Waals surface area contributed by atoms with Gasteiger partial charge in [-0.15, -0.1) is 0 Å². The van der Waals surface area contributed by atoms with E-state index >= 15 is 0 Å². The van der Waals surface area contributed by atoms with Crippen molar-refractivity contribution in [3.8, 4) is 0 Å². The Morgan fingerprint density at radius 3 is 2.54 bits per heavy atom. The maximum Gasteiger partial charge on any atom is 0.0750 e. The average molecular weight is 189 g/mol. The number of aliphatic hydroxyl groups excluding tert-OH is 1. The maximum absolute atomic E-state index is 8.80. The van der Waals surface area contributed by atoms with Crippen molar-refractivity contribution in [2.45, 2.75) is 33.3 Å². The minimum Gasteiger partial charge on any atom is -0.396 e. The molecule has 1 atom stereocenters. The number of hydrogen-bond acceptors (Lipinski definition) is 3. The van der Waals surface area contributed by atoms with Crippen LogP contribution in [0.4, 0.5) is 0 Å². The van der Waals surface area contributed by atoms with E-state index in [0.29, 0.717) is 5.92 Å². The molecule has 0 aliphatic rings. The van der Waals surface area contributed by atoms with Crippen LogP contribution in [0.5, 0.6) is 0 Å². The summed E-state index contributed by atoms with van der Waals surface area (Å²) < 4.78 is 5.52. The summed E-state index contributed by atoms with van der Waals surface area (Å²) in [6, 6.07) is 0. The normalized spacial score (nSPS) is 14.5. The van der Waals surface area contributed by atoms with Gasteiger partial charge in [0.15, 0.2) is 0 Å². The molecule has 0 rings (SSSR count). The lowest BCUT2D eigenvalue weighted by molar-refractivity contribution is -0.00945. The van der Waals surface area contributed by atoms with E-state index in [2.05, 4.69) is 19.2 Å². The van der Waals surface area contributed by atoms with Gasteiger partial charge in [-0.1, -0.05) is 6.92 Å². The average Bonchev–Trinajstić information content (AvgIpc) is 2.03. The molecule has 0 heterocycles. The Balaban J connectivity index is 3.50. The Morgan fingerprint density at radius 2 is 2.08 bits per heavy atom. The lowest BCUT2D eigenvalue weighted by Crippen LogP contribution is -2.39. The van der Waals surface area contributed by atoms with E-state index in [4.69, 9.17) is 9.84 Å². The first-order valence-corrected chi connectivity index (χ1v) is 4.97. The highest BCUT2D eigenvalue weighted by Gasteiger charge is 2.16. The molecule has 3 heteroatoms. The molecule has 2 N–H and O–H groups in total. The molecule has 0 aliphatic carbocycles. The Hall–Kier alpha value is -0.120. The number of nitrogens with one attached hydrogen (secondary N) is 1. The third kappa shape index (κ3) is 6.99. The molecular formula is C10H23NO2. The van der Waals surface area contributed by atoms with Crippen LogP contribution in [0.3, 0.4) is 0 Å². The van der Waals surface area contributed by atoms with Crippen LogP contribution in [-0.4, -0.2) is 37.0 Å². The van der Waals surface area contributed by atoms with Gasteiger partial charge in [0.05, 0.1) is 5.60 Å². The molecule has 0 aromatic rings. The van der Waals surface area contributed by atoms with Crippen molar-refractivity contribution in [3.05, 3.63) is 0 Å². The summed E-state index contributed by atoms with van der Waals surface area (Å²) in [5, 5.41) is 12.1. The van der Waals surface area contributed by atoms with Gasteiger partial charge in [0.25, 0.3) is 0 Å². The zero-order valence-electron chi connectivity index (χ0n) is 9.26. The van der Waals surface area contributed by atoms with Gasteiger partial charge in [-0.05, 0) is 33.2 Å². The SMILES string of the molecule is CCOC(C)(C)CNCC(C)CO. The zero-order chi connectivity index (χ0) is 10.3. The maximum atomic E-state index is 8.80. The van der Waals surface area contributed by atoms with Gasteiger partial charge in [-0.3, -0.25) is 0 Å². The topological polar surface area (TPSA) is 41.5 Å². The summed E-state index contributed by atoms with van der Waals surface area (Å²) in [6.45, 7) is 10.8. The molecule has 0 aromatic heterocycles. The summed E-state index contributed by atoms with van der Waals surface area (Å²) in [5.74, 6) is 0.317. The molecule has 80 valence electrons. The molecule has 0 amide bonds. The van der Waals surface area contributed by atoms with Crippen molar-refractivity contribution < 1.29 is 9.84 Å². The molecule has 0 fully saturated rings. The first-order valence-electron chi connectivity index (χ1n) is 4.97. The number of hydrogen-bond donors (Lipinski definition) is 2. The van der Waals surface area contributed by atoms with Crippen LogP contribution in [0.25, 0.3) is 0 Å². The van der Waals surface area contributed by atoms with E-state index < -0.39 is 0 Å². The first-order chi connectivity index (χ1) is 6.02. The third-order valence-electron chi connectivity index (χ3n) is 1.89. The summed E-state index contributed by atoms with van der Waals surface area (Å²) in [6.07, 6.45) is 0. The fraction of sp³-hybridized carbons (Fsp3) is 1.00. The predicted molar refractivity (Wildman–Crippen MR) is 54.8 cm³/mol. The summed E-state index contributed by atoms with van der Waals surface area (Å²) >= 11 is 0. The van der Waals surface area contributed by atoms with E-state index in [1.807, 2.05) is 13.8 Å². The quantitative estimate of drug-likeness (QED) is 0.628. The van der Waals surface area contributed by atoms with Crippen molar-refractivity contribution >= 4 is 0 Å². The van der Waals surface area contributed by atoms with Crippen LogP contribution in [0.2, 0.25) is 0 Å². The highest BCUT2D eigenvalue weighted by molar-refractivity contribution is 4.72. The lowest BCUT2D eigenvalue weighted by Gasteiger charge is -2.25. The van der Waals surface area contributed by atoms with Crippen molar-refractivity contribution in [3.63, 3.8) is 0 Å². The van der Waals surface area contributed by atoms with Crippen LogP contribution >= 0.6 is 0 Å². The van der Waals surface area contributed by atoms with E-state index in [9.17, 15) is 0 Å². The van der Waals surface area contributed by atoms with E-state index in [1.165, 1.54) is 0 Å². The molecule has 0 aliphatic heterocycles. The molecule has 0 spiro atoms. The van der Waals surface area contributed by atoms with Crippen LogP contribution in [0.15, 0.2) is 0 Å². The first kappa shape index (κ1) is 12.9. The fourth-order valence-corrected chi connectivity index (χ4v) is 1.13. The van der Waals surface area contributed by atoms with Crippen molar-refractivity contribution in [2.24, 2.45) is 5.92 Å². The second-order valence-electron chi connectivity index (χ2n) is 4.11. The van der Waals surface area contributed by atoms with Crippen molar-refractivity contribution in [1.29, 1.82) is 0 Å². The number of aliphatic hydroxyl groups is 1. The minimum absolute atomic E-state index is 0.107. The molecule has 0 saturated heterocycles.